The Morgan fingerprint density at radius 3 is 2.60 bits per heavy atom. The smallest absolute Gasteiger partial charge is 0.204 e. The zero-order valence-corrected chi connectivity index (χ0v) is 6.27. The van der Waals surface area contributed by atoms with Crippen LogP contribution in [0.1, 0.15) is 6.42 Å². The molecule has 0 saturated carbocycles. The average molecular weight is 162 g/mol. The highest BCUT2D eigenvalue weighted by molar-refractivity contribution is 7.58. The highest BCUT2D eigenvalue weighted by Crippen LogP contribution is 2.52. The third-order valence-corrected chi connectivity index (χ3v) is 3.53. The van der Waals surface area contributed by atoms with Gasteiger partial charge in [0.15, 0.2) is 5.67 Å². The standard InChI is InChI=1S/C6H8FO2P/c1-2-6(7)3-4-10(8,9)5-6/h1H,3-5H2,(H,8,9). The monoisotopic (exact) mass is 162 g/mol. The molecule has 0 spiro atoms. The molecule has 0 aromatic carbocycles. The van der Waals surface area contributed by atoms with Crippen molar-refractivity contribution in [2.75, 3.05) is 12.3 Å². The number of hydrogen-bond donors (Lipinski definition) is 1. The first-order valence-corrected chi connectivity index (χ1v) is 4.98. The van der Waals surface area contributed by atoms with Gasteiger partial charge in [0, 0.05) is 12.6 Å². The Kier molecular flexibility index (Phi) is 1.62. The van der Waals surface area contributed by atoms with Crippen LogP contribution < -0.4 is 0 Å². The topological polar surface area (TPSA) is 37.3 Å². The molecular weight excluding hydrogens is 154 g/mol. The molecule has 1 aliphatic rings. The molecule has 10 heavy (non-hydrogen) atoms. The lowest BCUT2D eigenvalue weighted by molar-refractivity contribution is 0.279. The number of alkyl halides is 1. The summed E-state index contributed by atoms with van der Waals surface area (Å²) < 4.78 is 23.8. The molecule has 0 aromatic heterocycles. The van der Waals surface area contributed by atoms with Crippen molar-refractivity contribution >= 4 is 7.37 Å². The maximum Gasteiger partial charge on any atom is 0.204 e. The van der Waals surface area contributed by atoms with Crippen molar-refractivity contribution in [3.05, 3.63) is 0 Å². The molecule has 1 fully saturated rings. The SMILES string of the molecule is C#CC1(F)CCP(=O)(O)C1. The van der Waals surface area contributed by atoms with E-state index < -0.39 is 13.0 Å². The Bertz CT molecular complexity index is 232. The van der Waals surface area contributed by atoms with Gasteiger partial charge in [0.05, 0.1) is 6.16 Å². The van der Waals surface area contributed by atoms with Gasteiger partial charge < -0.3 is 4.89 Å². The first kappa shape index (κ1) is 7.78. The maximum atomic E-state index is 13.0. The lowest BCUT2D eigenvalue weighted by Gasteiger charge is -2.08. The van der Waals surface area contributed by atoms with Gasteiger partial charge >= 0.3 is 0 Å². The van der Waals surface area contributed by atoms with Gasteiger partial charge in [-0.1, -0.05) is 5.92 Å². The summed E-state index contributed by atoms with van der Waals surface area (Å²) in [6, 6.07) is 0. The molecule has 2 atom stereocenters. The largest absolute Gasteiger partial charge is 0.344 e. The summed E-state index contributed by atoms with van der Waals surface area (Å²) in [5, 5.41) is 0. The number of halogens is 1. The van der Waals surface area contributed by atoms with Gasteiger partial charge in [0.2, 0.25) is 7.37 Å². The van der Waals surface area contributed by atoms with E-state index in [-0.39, 0.29) is 18.7 Å². The summed E-state index contributed by atoms with van der Waals surface area (Å²) in [7, 11) is -3.20. The molecule has 0 aromatic rings. The summed E-state index contributed by atoms with van der Waals surface area (Å²) in [5.41, 5.74) is -1.82. The molecule has 1 heterocycles. The normalized spacial score (nSPS) is 46.9. The number of rotatable bonds is 0. The van der Waals surface area contributed by atoms with E-state index in [2.05, 4.69) is 0 Å². The minimum absolute atomic E-state index is 0.0215. The van der Waals surface area contributed by atoms with E-state index in [1.807, 2.05) is 5.92 Å². The van der Waals surface area contributed by atoms with Crippen molar-refractivity contribution in [2.45, 2.75) is 12.1 Å². The third kappa shape index (κ3) is 1.39. The first-order valence-electron chi connectivity index (χ1n) is 2.95. The Morgan fingerprint density at radius 2 is 2.40 bits per heavy atom. The van der Waals surface area contributed by atoms with Gasteiger partial charge in [-0.2, -0.15) is 0 Å². The molecule has 2 nitrogen and oxygen atoms in total. The van der Waals surface area contributed by atoms with Gasteiger partial charge in [-0.3, -0.25) is 4.57 Å². The Morgan fingerprint density at radius 1 is 1.80 bits per heavy atom. The predicted molar refractivity (Wildman–Crippen MR) is 36.8 cm³/mol. The summed E-state index contributed by atoms with van der Waals surface area (Å²) in [4.78, 5) is 8.88. The van der Waals surface area contributed by atoms with Crippen molar-refractivity contribution in [3.8, 4) is 12.3 Å². The molecule has 56 valence electrons. The molecule has 0 aliphatic carbocycles. The number of terminal acetylenes is 1. The minimum Gasteiger partial charge on any atom is -0.344 e. The molecular formula is C6H8FO2P. The molecule has 0 amide bonds. The Labute approximate surface area is 58.9 Å². The highest BCUT2D eigenvalue weighted by Gasteiger charge is 2.43. The van der Waals surface area contributed by atoms with Crippen LogP contribution in [0.4, 0.5) is 4.39 Å². The van der Waals surface area contributed by atoms with Crippen LogP contribution >= 0.6 is 7.37 Å². The molecule has 2 unspecified atom stereocenters. The van der Waals surface area contributed by atoms with Gasteiger partial charge in [-0.05, 0) is 0 Å². The van der Waals surface area contributed by atoms with Gasteiger partial charge in [0.1, 0.15) is 0 Å². The third-order valence-electron chi connectivity index (χ3n) is 1.61. The zero-order chi connectivity index (χ0) is 7.83. The van der Waals surface area contributed by atoms with E-state index in [1.165, 1.54) is 0 Å². The molecule has 1 rings (SSSR count). The number of hydrogen-bond acceptors (Lipinski definition) is 1. The van der Waals surface area contributed by atoms with Gasteiger partial charge in [-0.25, -0.2) is 4.39 Å². The van der Waals surface area contributed by atoms with Crippen molar-refractivity contribution in [1.29, 1.82) is 0 Å². The van der Waals surface area contributed by atoms with Crippen LogP contribution in [0.3, 0.4) is 0 Å². The van der Waals surface area contributed by atoms with Crippen LogP contribution in [-0.2, 0) is 4.57 Å². The highest BCUT2D eigenvalue weighted by atomic mass is 31.2. The van der Waals surface area contributed by atoms with E-state index in [0.29, 0.717) is 0 Å². The second kappa shape index (κ2) is 2.08. The Balaban J connectivity index is 2.79. The van der Waals surface area contributed by atoms with Gasteiger partial charge in [-0.15, -0.1) is 6.42 Å². The van der Waals surface area contributed by atoms with E-state index in [9.17, 15) is 8.96 Å². The van der Waals surface area contributed by atoms with Crippen LogP contribution in [0.2, 0.25) is 0 Å². The second-order valence-electron chi connectivity index (χ2n) is 2.59. The first-order chi connectivity index (χ1) is 4.47. The molecule has 0 radical (unpaired) electrons. The van der Waals surface area contributed by atoms with Crippen LogP contribution in [0.15, 0.2) is 0 Å². The summed E-state index contributed by atoms with van der Waals surface area (Å²) in [6.07, 6.45) is 4.51. The zero-order valence-electron chi connectivity index (χ0n) is 5.38. The fraction of sp³-hybridized carbons (Fsp3) is 0.667. The fourth-order valence-corrected chi connectivity index (χ4v) is 2.91. The average Bonchev–Trinajstić information content (AvgIpc) is 2.08. The van der Waals surface area contributed by atoms with Crippen LogP contribution in [0.5, 0.6) is 0 Å². The van der Waals surface area contributed by atoms with E-state index >= 15 is 0 Å². The van der Waals surface area contributed by atoms with Crippen molar-refractivity contribution < 1.29 is 13.8 Å². The fourth-order valence-electron chi connectivity index (χ4n) is 1.02. The molecule has 1 aliphatic heterocycles. The predicted octanol–water partition coefficient (Wildman–Crippen LogP) is 1.00. The molecule has 1 saturated heterocycles. The van der Waals surface area contributed by atoms with Crippen LogP contribution in [0, 0.1) is 12.3 Å². The summed E-state index contributed by atoms with van der Waals surface area (Å²) >= 11 is 0. The van der Waals surface area contributed by atoms with E-state index in [1.54, 1.807) is 0 Å². The lowest BCUT2D eigenvalue weighted by atomic mass is 10.1. The summed E-state index contributed by atoms with van der Waals surface area (Å²) in [5.74, 6) is 1.90. The quantitative estimate of drug-likeness (QED) is 0.426. The second-order valence-corrected chi connectivity index (χ2v) is 5.04. The van der Waals surface area contributed by atoms with E-state index in [4.69, 9.17) is 11.3 Å². The molecule has 4 heteroatoms. The van der Waals surface area contributed by atoms with Crippen LogP contribution in [0.25, 0.3) is 0 Å². The van der Waals surface area contributed by atoms with E-state index in [0.717, 1.165) is 0 Å². The maximum absolute atomic E-state index is 13.0. The van der Waals surface area contributed by atoms with Crippen molar-refractivity contribution in [3.63, 3.8) is 0 Å². The Hall–Kier alpha value is -0.320. The van der Waals surface area contributed by atoms with Crippen LogP contribution in [-0.4, -0.2) is 22.9 Å². The van der Waals surface area contributed by atoms with Crippen molar-refractivity contribution in [2.24, 2.45) is 0 Å². The van der Waals surface area contributed by atoms with Crippen molar-refractivity contribution in [1.82, 2.24) is 0 Å². The molecule has 1 N–H and O–H groups in total. The lowest BCUT2D eigenvalue weighted by Crippen LogP contribution is -2.18. The van der Waals surface area contributed by atoms with Gasteiger partial charge in [0.25, 0.3) is 0 Å². The summed E-state index contributed by atoms with van der Waals surface area (Å²) in [6.45, 7) is 0. The minimum atomic E-state index is -3.20. The molecule has 0 bridgehead atoms.